The number of benzene rings is 1. The zero-order valence-corrected chi connectivity index (χ0v) is 11.8. The van der Waals surface area contributed by atoms with Gasteiger partial charge in [-0.1, -0.05) is 44.2 Å². The largest absolute Gasteiger partial charge is 0.350 e. The number of hydrogen-bond donors (Lipinski definition) is 2. The maximum Gasteiger partial charge on any atom is 0.269 e. The number of aromatic nitrogens is 2. The van der Waals surface area contributed by atoms with Crippen molar-refractivity contribution in [2.75, 3.05) is 6.54 Å². The number of carbonyl (C=O) groups excluding carboxylic acids is 1. The molecule has 2 aromatic rings. The van der Waals surface area contributed by atoms with Gasteiger partial charge >= 0.3 is 0 Å². The first-order valence-corrected chi connectivity index (χ1v) is 6.87. The Labute approximate surface area is 118 Å². The molecular weight excluding hydrogens is 250 g/mol. The van der Waals surface area contributed by atoms with Crippen LogP contribution in [0, 0.1) is 5.41 Å². The third-order valence-corrected chi connectivity index (χ3v) is 4.53. The summed E-state index contributed by atoms with van der Waals surface area (Å²) < 4.78 is 0. The normalized spacial score (nSPS) is 23.3. The minimum absolute atomic E-state index is 0.0456. The minimum Gasteiger partial charge on any atom is -0.350 e. The van der Waals surface area contributed by atoms with Gasteiger partial charge in [-0.2, -0.15) is 0 Å². The van der Waals surface area contributed by atoms with Crippen molar-refractivity contribution in [3.63, 3.8) is 0 Å². The van der Waals surface area contributed by atoms with Gasteiger partial charge in [0.1, 0.15) is 5.69 Å². The Morgan fingerprint density at radius 1 is 1.35 bits per heavy atom. The van der Waals surface area contributed by atoms with Crippen molar-refractivity contribution >= 4 is 5.91 Å². The molecule has 1 aliphatic carbocycles. The van der Waals surface area contributed by atoms with Gasteiger partial charge in [-0.25, -0.2) is 4.98 Å². The molecule has 1 atom stereocenters. The number of carbonyl (C=O) groups is 1. The molecule has 0 radical (unpaired) electrons. The van der Waals surface area contributed by atoms with E-state index in [0.29, 0.717) is 12.2 Å². The molecule has 1 fully saturated rings. The first kappa shape index (κ1) is 12.9. The number of H-pyrrole nitrogens is 1. The van der Waals surface area contributed by atoms with Crippen LogP contribution < -0.4 is 5.32 Å². The summed E-state index contributed by atoms with van der Waals surface area (Å²) in [5.74, 6) is -0.0968. The van der Waals surface area contributed by atoms with Crippen molar-refractivity contribution in [2.24, 2.45) is 5.41 Å². The van der Waals surface area contributed by atoms with Gasteiger partial charge in [-0.05, 0) is 17.4 Å². The smallest absolute Gasteiger partial charge is 0.269 e. The maximum atomic E-state index is 12.0. The van der Waals surface area contributed by atoms with Gasteiger partial charge in [-0.3, -0.25) is 4.79 Å². The minimum atomic E-state index is -0.0968. The first-order chi connectivity index (χ1) is 9.55. The highest BCUT2D eigenvalue weighted by atomic mass is 16.1. The monoisotopic (exact) mass is 269 g/mol. The molecule has 0 saturated heterocycles. The second kappa shape index (κ2) is 4.47. The first-order valence-electron chi connectivity index (χ1n) is 6.87. The Kier molecular flexibility index (Phi) is 2.89. The second-order valence-electron chi connectivity index (χ2n) is 6.16. The summed E-state index contributed by atoms with van der Waals surface area (Å²) in [6, 6.07) is 10.4. The lowest BCUT2D eigenvalue weighted by Gasteiger charge is -2.21. The predicted molar refractivity (Wildman–Crippen MR) is 77.4 cm³/mol. The summed E-state index contributed by atoms with van der Waals surface area (Å²) in [4.78, 5) is 18.7. The molecule has 1 saturated carbocycles. The second-order valence-corrected chi connectivity index (χ2v) is 6.16. The van der Waals surface area contributed by atoms with Gasteiger partial charge in [-0.15, -0.1) is 0 Å². The van der Waals surface area contributed by atoms with Crippen LogP contribution in [0.4, 0.5) is 0 Å². The number of imidazole rings is 1. The Bertz CT molecular complexity index is 604. The van der Waals surface area contributed by atoms with Crippen LogP contribution in [0.5, 0.6) is 0 Å². The van der Waals surface area contributed by atoms with Crippen LogP contribution in [0.2, 0.25) is 0 Å². The quantitative estimate of drug-likeness (QED) is 0.896. The number of nitrogens with one attached hydrogen (secondary N) is 2. The van der Waals surface area contributed by atoms with Crippen molar-refractivity contribution in [3.8, 4) is 0 Å². The molecule has 1 heterocycles. The Hall–Kier alpha value is -2.10. The molecule has 0 spiro atoms. The van der Waals surface area contributed by atoms with Gasteiger partial charge in [0, 0.05) is 12.0 Å². The van der Waals surface area contributed by atoms with Gasteiger partial charge in [0.2, 0.25) is 0 Å². The van der Waals surface area contributed by atoms with Crippen LogP contribution in [0.25, 0.3) is 0 Å². The number of rotatable bonds is 4. The van der Waals surface area contributed by atoms with E-state index in [9.17, 15) is 4.79 Å². The van der Waals surface area contributed by atoms with Crippen molar-refractivity contribution in [3.05, 3.63) is 54.1 Å². The third-order valence-electron chi connectivity index (χ3n) is 4.53. The lowest BCUT2D eigenvalue weighted by molar-refractivity contribution is 0.0943. The van der Waals surface area contributed by atoms with Crippen LogP contribution in [0.1, 0.15) is 36.3 Å². The summed E-state index contributed by atoms with van der Waals surface area (Å²) in [7, 11) is 0. The summed E-state index contributed by atoms with van der Waals surface area (Å²) in [5, 5.41) is 3.03. The molecule has 1 aromatic heterocycles. The fourth-order valence-electron chi connectivity index (χ4n) is 3.07. The van der Waals surface area contributed by atoms with E-state index < -0.39 is 0 Å². The Morgan fingerprint density at radius 2 is 2.05 bits per heavy atom. The third kappa shape index (κ3) is 2.01. The molecule has 104 valence electrons. The average Bonchev–Trinajstić information content (AvgIpc) is 2.85. The Morgan fingerprint density at radius 3 is 2.60 bits per heavy atom. The molecule has 1 aliphatic rings. The number of amides is 1. The van der Waals surface area contributed by atoms with Crippen molar-refractivity contribution in [2.45, 2.75) is 25.7 Å². The molecule has 0 bridgehead atoms. The SMILES string of the molecule is CC1(C)C[C@@]1(CNC(=O)c1cnc[nH]1)c1ccccc1. The van der Waals surface area contributed by atoms with Gasteiger partial charge in [0.25, 0.3) is 5.91 Å². The highest BCUT2D eigenvalue weighted by molar-refractivity contribution is 5.92. The molecule has 0 unspecified atom stereocenters. The maximum absolute atomic E-state index is 12.0. The van der Waals surface area contributed by atoms with E-state index in [1.54, 1.807) is 6.20 Å². The van der Waals surface area contributed by atoms with Crippen LogP contribution >= 0.6 is 0 Å². The molecule has 0 aliphatic heterocycles. The summed E-state index contributed by atoms with van der Waals surface area (Å²) in [6.07, 6.45) is 4.15. The van der Waals surface area contributed by atoms with Crippen LogP contribution in [0.15, 0.2) is 42.9 Å². The summed E-state index contributed by atoms with van der Waals surface area (Å²) >= 11 is 0. The molecular formula is C16H19N3O. The van der Waals surface area contributed by atoms with E-state index >= 15 is 0 Å². The number of hydrogen-bond acceptors (Lipinski definition) is 2. The molecule has 1 aromatic carbocycles. The highest BCUT2D eigenvalue weighted by Crippen LogP contribution is 2.63. The van der Waals surface area contributed by atoms with Gasteiger partial charge < -0.3 is 10.3 Å². The molecule has 3 rings (SSSR count). The van der Waals surface area contributed by atoms with E-state index in [-0.39, 0.29) is 16.7 Å². The fourth-order valence-corrected chi connectivity index (χ4v) is 3.07. The van der Waals surface area contributed by atoms with Crippen LogP contribution in [-0.4, -0.2) is 22.4 Å². The zero-order chi connectivity index (χ0) is 14.2. The van der Waals surface area contributed by atoms with E-state index in [1.165, 1.54) is 11.9 Å². The standard InChI is InChI=1S/C16H19N3O/c1-15(2)9-16(15,12-6-4-3-5-7-12)10-18-14(20)13-8-17-11-19-13/h3-8,11H,9-10H2,1-2H3,(H,17,19)(H,18,20)/t16-/m1/s1. The molecule has 1 amide bonds. The predicted octanol–water partition coefficient (Wildman–Crippen LogP) is 2.51. The van der Waals surface area contributed by atoms with Crippen molar-refractivity contribution in [1.82, 2.24) is 15.3 Å². The van der Waals surface area contributed by atoms with Crippen molar-refractivity contribution in [1.29, 1.82) is 0 Å². The van der Waals surface area contributed by atoms with E-state index in [1.807, 2.05) is 6.07 Å². The Balaban J connectivity index is 1.76. The summed E-state index contributed by atoms with van der Waals surface area (Å²) in [5.41, 5.74) is 2.07. The summed E-state index contributed by atoms with van der Waals surface area (Å²) in [6.45, 7) is 5.16. The topological polar surface area (TPSA) is 57.8 Å². The fraction of sp³-hybridized carbons (Fsp3) is 0.375. The number of nitrogens with zero attached hydrogens (tertiary/aromatic N) is 1. The molecule has 20 heavy (non-hydrogen) atoms. The highest BCUT2D eigenvalue weighted by Gasteiger charge is 2.61. The molecule has 2 N–H and O–H groups in total. The lowest BCUT2D eigenvalue weighted by Crippen LogP contribution is -2.34. The van der Waals surface area contributed by atoms with Crippen LogP contribution in [-0.2, 0) is 5.41 Å². The average molecular weight is 269 g/mol. The van der Waals surface area contributed by atoms with Gasteiger partial charge in [0.05, 0.1) is 12.5 Å². The number of aromatic amines is 1. The molecule has 4 nitrogen and oxygen atoms in total. The zero-order valence-electron chi connectivity index (χ0n) is 11.8. The van der Waals surface area contributed by atoms with Gasteiger partial charge in [0.15, 0.2) is 0 Å². The van der Waals surface area contributed by atoms with E-state index in [2.05, 4.69) is 53.4 Å². The lowest BCUT2D eigenvalue weighted by atomic mass is 9.88. The van der Waals surface area contributed by atoms with Crippen LogP contribution in [0.3, 0.4) is 0 Å². The van der Waals surface area contributed by atoms with E-state index in [4.69, 9.17) is 0 Å². The van der Waals surface area contributed by atoms with E-state index in [0.717, 1.165) is 6.42 Å². The molecule has 4 heteroatoms. The van der Waals surface area contributed by atoms with Crippen molar-refractivity contribution < 1.29 is 4.79 Å².